The molecule has 0 spiro atoms. The van der Waals surface area contributed by atoms with Crippen LogP contribution in [0.2, 0.25) is 0 Å². The molecule has 1 atom stereocenters. The summed E-state index contributed by atoms with van der Waals surface area (Å²) in [7, 11) is 0. The van der Waals surface area contributed by atoms with Crippen molar-refractivity contribution in [3.8, 4) is 0 Å². The van der Waals surface area contributed by atoms with Gasteiger partial charge >= 0.3 is 0 Å². The number of amides is 2. The predicted molar refractivity (Wildman–Crippen MR) is 118 cm³/mol. The normalized spacial score (nSPS) is 23.6. The summed E-state index contributed by atoms with van der Waals surface area (Å²) in [6, 6.07) is 4.53. The van der Waals surface area contributed by atoms with E-state index in [2.05, 4.69) is 25.8 Å². The monoisotopic (exact) mass is 439 g/mol. The van der Waals surface area contributed by atoms with Crippen molar-refractivity contribution in [2.24, 2.45) is 5.92 Å². The molecule has 3 fully saturated rings. The Hall–Kier alpha value is -1.90. The molecule has 1 aromatic rings. The van der Waals surface area contributed by atoms with Gasteiger partial charge in [0.25, 0.3) is 0 Å². The van der Waals surface area contributed by atoms with Crippen LogP contribution in [-0.2, 0) is 9.59 Å². The molecule has 1 aromatic carbocycles. The zero-order chi connectivity index (χ0) is 20.2. The molecule has 3 aliphatic heterocycles. The topological polar surface area (TPSA) is 76.7 Å². The predicted octanol–water partition coefficient (Wildman–Crippen LogP) is 1.59. The molecule has 3 N–H and O–H groups in total. The summed E-state index contributed by atoms with van der Waals surface area (Å²) < 4.78 is 14.8. The van der Waals surface area contributed by atoms with Crippen molar-refractivity contribution in [3.05, 3.63) is 24.0 Å². The molecule has 30 heavy (non-hydrogen) atoms. The molecule has 0 radical (unpaired) electrons. The Labute approximate surface area is 183 Å². The maximum atomic E-state index is 14.8. The molecule has 0 bridgehead atoms. The van der Waals surface area contributed by atoms with Gasteiger partial charge in [-0.2, -0.15) is 0 Å². The van der Waals surface area contributed by atoms with Gasteiger partial charge in [0.15, 0.2) is 0 Å². The largest absolute Gasteiger partial charge is 0.374 e. The third kappa shape index (κ3) is 5.62. The van der Waals surface area contributed by atoms with Crippen molar-refractivity contribution in [1.82, 2.24) is 15.5 Å². The van der Waals surface area contributed by atoms with Crippen molar-refractivity contribution < 1.29 is 14.0 Å². The van der Waals surface area contributed by atoms with Crippen molar-refractivity contribution in [2.45, 2.75) is 31.7 Å². The van der Waals surface area contributed by atoms with Crippen LogP contribution in [0.25, 0.3) is 0 Å². The van der Waals surface area contributed by atoms with E-state index in [1.807, 2.05) is 6.07 Å². The Morgan fingerprint density at radius 1 is 1.07 bits per heavy atom. The molecular weight excluding hydrogens is 409 g/mol. The molecule has 7 nitrogen and oxygen atoms in total. The third-order valence-electron chi connectivity index (χ3n) is 6.22. The van der Waals surface area contributed by atoms with E-state index >= 15 is 0 Å². The van der Waals surface area contributed by atoms with Crippen molar-refractivity contribution >= 4 is 35.6 Å². The van der Waals surface area contributed by atoms with E-state index in [1.54, 1.807) is 6.07 Å². The van der Waals surface area contributed by atoms with Crippen LogP contribution in [0, 0.1) is 11.7 Å². The Morgan fingerprint density at radius 2 is 1.80 bits per heavy atom. The van der Waals surface area contributed by atoms with Crippen LogP contribution < -0.4 is 20.9 Å². The van der Waals surface area contributed by atoms with Crippen LogP contribution in [0.1, 0.15) is 25.7 Å². The molecule has 2 amide bonds. The Kier molecular flexibility index (Phi) is 7.91. The highest BCUT2D eigenvalue weighted by molar-refractivity contribution is 6.01. The molecular formula is C21H31ClFN5O2. The van der Waals surface area contributed by atoms with Crippen molar-refractivity contribution in [2.75, 3.05) is 56.0 Å². The zero-order valence-corrected chi connectivity index (χ0v) is 18.0. The van der Waals surface area contributed by atoms with Gasteiger partial charge in [-0.3, -0.25) is 19.8 Å². The molecule has 0 aliphatic carbocycles. The number of halogens is 2. The minimum Gasteiger partial charge on any atom is -0.374 e. The maximum absolute atomic E-state index is 14.8. The van der Waals surface area contributed by atoms with Gasteiger partial charge in [0.1, 0.15) is 11.9 Å². The molecule has 9 heteroatoms. The first-order valence-electron chi connectivity index (χ1n) is 10.7. The molecule has 3 saturated heterocycles. The van der Waals surface area contributed by atoms with E-state index in [4.69, 9.17) is 0 Å². The Bertz CT molecular complexity index is 751. The van der Waals surface area contributed by atoms with Crippen LogP contribution in [-0.4, -0.2) is 68.6 Å². The van der Waals surface area contributed by atoms with E-state index in [0.717, 1.165) is 51.7 Å². The number of hydrogen-bond acceptors (Lipinski definition) is 6. The van der Waals surface area contributed by atoms with E-state index in [0.29, 0.717) is 24.2 Å². The Morgan fingerprint density at radius 3 is 2.47 bits per heavy atom. The minimum absolute atomic E-state index is 0. The first kappa shape index (κ1) is 22.8. The highest BCUT2D eigenvalue weighted by Gasteiger charge is 2.27. The number of nitrogens with one attached hydrogen (secondary N) is 3. The molecule has 1 unspecified atom stereocenters. The number of rotatable bonds is 5. The Balaban J connectivity index is 0.00000256. The summed E-state index contributed by atoms with van der Waals surface area (Å²) in [5.74, 6) is -0.115. The van der Waals surface area contributed by atoms with Crippen molar-refractivity contribution in [1.29, 1.82) is 0 Å². The number of carbonyl (C=O) groups excluding carboxylic acids is 2. The summed E-state index contributed by atoms with van der Waals surface area (Å²) >= 11 is 0. The smallest absolute Gasteiger partial charge is 0.249 e. The summed E-state index contributed by atoms with van der Waals surface area (Å²) in [5.41, 5.74) is 1.17. The second kappa shape index (κ2) is 10.4. The second-order valence-corrected chi connectivity index (χ2v) is 8.30. The van der Waals surface area contributed by atoms with Crippen molar-refractivity contribution in [3.63, 3.8) is 0 Å². The van der Waals surface area contributed by atoms with Crippen LogP contribution >= 0.6 is 12.4 Å². The lowest BCUT2D eigenvalue weighted by Crippen LogP contribution is -2.49. The molecule has 166 valence electrons. The number of piperazine rings is 1. The highest BCUT2D eigenvalue weighted by atomic mass is 35.5. The van der Waals surface area contributed by atoms with Gasteiger partial charge in [-0.1, -0.05) is 0 Å². The van der Waals surface area contributed by atoms with E-state index < -0.39 is 6.04 Å². The first-order chi connectivity index (χ1) is 14.1. The van der Waals surface area contributed by atoms with E-state index in [9.17, 15) is 14.0 Å². The third-order valence-corrected chi connectivity index (χ3v) is 6.22. The van der Waals surface area contributed by atoms with E-state index in [-0.39, 0.29) is 30.0 Å². The molecule has 0 saturated carbocycles. The number of imide groups is 1. The van der Waals surface area contributed by atoms with Gasteiger partial charge in [0, 0.05) is 44.8 Å². The maximum Gasteiger partial charge on any atom is 0.249 e. The quantitative estimate of drug-likeness (QED) is 0.605. The fraction of sp³-hybridized carbons (Fsp3) is 0.619. The van der Waals surface area contributed by atoms with Gasteiger partial charge in [0.2, 0.25) is 11.8 Å². The highest BCUT2D eigenvalue weighted by Crippen LogP contribution is 2.25. The van der Waals surface area contributed by atoms with E-state index in [1.165, 1.54) is 18.9 Å². The number of anilines is 2. The first-order valence-corrected chi connectivity index (χ1v) is 10.7. The van der Waals surface area contributed by atoms with Gasteiger partial charge in [-0.15, -0.1) is 12.4 Å². The van der Waals surface area contributed by atoms with Crippen LogP contribution in [0.5, 0.6) is 0 Å². The summed E-state index contributed by atoms with van der Waals surface area (Å²) in [6.07, 6.45) is 3.21. The van der Waals surface area contributed by atoms with Gasteiger partial charge in [0.05, 0.1) is 5.69 Å². The number of hydrogen-bond donors (Lipinski definition) is 3. The summed E-state index contributed by atoms with van der Waals surface area (Å²) in [6.45, 7) is 6.94. The number of nitrogens with zero attached hydrogens (tertiary/aromatic N) is 2. The molecule has 0 aromatic heterocycles. The summed E-state index contributed by atoms with van der Waals surface area (Å²) in [4.78, 5) is 27.7. The van der Waals surface area contributed by atoms with Gasteiger partial charge < -0.3 is 15.5 Å². The molecule has 3 aliphatic rings. The van der Waals surface area contributed by atoms with Crippen LogP contribution in [0.4, 0.5) is 15.8 Å². The second-order valence-electron chi connectivity index (χ2n) is 8.30. The zero-order valence-electron chi connectivity index (χ0n) is 17.2. The number of benzene rings is 1. The van der Waals surface area contributed by atoms with Crippen LogP contribution in [0.3, 0.4) is 0 Å². The van der Waals surface area contributed by atoms with Crippen LogP contribution in [0.15, 0.2) is 18.2 Å². The fourth-order valence-corrected chi connectivity index (χ4v) is 4.49. The average molecular weight is 440 g/mol. The fourth-order valence-electron chi connectivity index (χ4n) is 4.49. The number of piperidine rings is 2. The average Bonchev–Trinajstić information content (AvgIpc) is 2.72. The molecule has 4 rings (SSSR count). The SMILES string of the molecule is Cl.O=C1CCC(Nc2ccc(N3CCN(CC4CCNCC4)CC3)c(F)c2)C(=O)N1. The van der Waals surface area contributed by atoms with Gasteiger partial charge in [-0.05, 0) is 56.5 Å². The standard InChI is InChI=1S/C21H30FN5O2.ClH/c22-17-13-16(24-18-2-4-20(28)25-21(18)29)1-3-19(17)27-11-9-26(10-12-27)14-15-5-7-23-8-6-15;/h1,3,13,15,18,23-24H,2,4-12,14H2,(H,25,28,29);1H. The van der Waals surface area contributed by atoms with Gasteiger partial charge in [-0.25, -0.2) is 4.39 Å². The summed E-state index contributed by atoms with van der Waals surface area (Å²) in [5, 5.41) is 8.76. The lowest BCUT2D eigenvalue weighted by atomic mass is 9.97. The number of carbonyl (C=O) groups is 2. The molecule has 3 heterocycles. The lowest BCUT2D eigenvalue weighted by Gasteiger charge is -2.38. The minimum atomic E-state index is -0.503. The lowest BCUT2D eigenvalue weighted by molar-refractivity contribution is -0.133.